The van der Waals surface area contributed by atoms with Gasteiger partial charge < -0.3 is 5.73 Å². The summed E-state index contributed by atoms with van der Waals surface area (Å²) in [5.41, 5.74) is 5.99. The molecule has 2 amide bonds. The van der Waals surface area contributed by atoms with Crippen molar-refractivity contribution >= 4 is 11.8 Å². The lowest BCUT2D eigenvalue weighted by Gasteiger charge is -2.59. The Kier molecular flexibility index (Phi) is 2.97. The van der Waals surface area contributed by atoms with Crippen LogP contribution < -0.4 is 5.73 Å². The van der Waals surface area contributed by atoms with Crippen LogP contribution in [0, 0.1) is 23.2 Å². The Balaban J connectivity index is 1.89. The molecule has 4 rings (SSSR count). The van der Waals surface area contributed by atoms with Gasteiger partial charge in [0, 0.05) is 19.5 Å². The van der Waals surface area contributed by atoms with Gasteiger partial charge in [0.25, 0.3) is 0 Å². The highest BCUT2D eigenvalue weighted by Gasteiger charge is 2.60. The van der Waals surface area contributed by atoms with Gasteiger partial charge in [0.2, 0.25) is 11.8 Å². The molecule has 3 unspecified atom stereocenters. The first-order chi connectivity index (χ1) is 8.98. The number of nitrogens with two attached hydrogens (primary N) is 1. The summed E-state index contributed by atoms with van der Waals surface area (Å²) in [7, 11) is 1.62. The van der Waals surface area contributed by atoms with Crippen molar-refractivity contribution in [2.24, 2.45) is 28.9 Å². The van der Waals surface area contributed by atoms with Gasteiger partial charge >= 0.3 is 0 Å². The molecule has 4 fully saturated rings. The molecule has 3 atom stereocenters. The van der Waals surface area contributed by atoms with E-state index in [0.29, 0.717) is 24.2 Å². The highest BCUT2D eigenvalue weighted by Crippen LogP contribution is 2.59. The van der Waals surface area contributed by atoms with Crippen LogP contribution >= 0.6 is 0 Å². The first-order valence-electron chi connectivity index (χ1n) is 7.54. The first kappa shape index (κ1) is 13.1. The van der Waals surface area contributed by atoms with Gasteiger partial charge in [-0.2, -0.15) is 0 Å². The van der Waals surface area contributed by atoms with Crippen molar-refractivity contribution in [3.63, 3.8) is 0 Å². The minimum absolute atomic E-state index is 0.00838. The van der Waals surface area contributed by atoms with Gasteiger partial charge in [0.05, 0.1) is 5.41 Å². The molecule has 4 saturated carbocycles. The number of amides is 2. The molecule has 0 aromatic carbocycles. The van der Waals surface area contributed by atoms with E-state index in [4.69, 9.17) is 5.73 Å². The molecule has 106 valence electrons. The maximum Gasteiger partial charge on any atom is 0.236 e. The SMILES string of the molecule is CCC(=O)N(C)C(=O)C12CC3CC(CC(C3)C1N)C2. The molecule has 0 radical (unpaired) electrons. The van der Waals surface area contributed by atoms with E-state index in [1.54, 1.807) is 14.0 Å². The van der Waals surface area contributed by atoms with Gasteiger partial charge in [-0.1, -0.05) is 6.92 Å². The molecule has 19 heavy (non-hydrogen) atoms. The Morgan fingerprint density at radius 3 is 2.32 bits per heavy atom. The molecule has 0 aliphatic heterocycles. The summed E-state index contributed by atoms with van der Waals surface area (Å²) >= 11 is 0. The summed E-state index contributed by atoms with van der Waals surface area (Å²) in [6.07, 6.45) is 5.84. The van der Waals surface area contributed by atoms with Gasteiger partial charge in [-0.15, -0.1) is 0 Å². The van der Waals surface area contributed by atoms with Crippen LogP contribution in [0.5, 0.6) is 0 Å². The highest BCUT2D eigenvalue weighted by molar-refractivity contribution is 5.98. The lowest BCUT2D eigenvalue weighted by Crippen LogP contribution is -2.65. The third-order valence-corrected chi connectivity index (χ3v) is 5.80. The molecule has 4 heteroatoms. The van der Waals surface area contributed by atoms with Crippen LogP contribution in [0.3, 0.4) is 0 Å². The molecule has 0 spiro atoms. The summed E-state index contributed by atoms with van der Waals surface area (Å²) in [5, 5.41) is 0. The molecule has 0 aromatic heterocycles. The Bertz CT molecular complexity index is 406. The third-order valence-electron chi connectivity index (χ3n) is 5.80. The zero-order valence-electron chi connectivity index (χ0n) is 11.9. The normalized spacial score (nSPS) is 43.3. The third kappa shape index (κ3) is 1.76. The van der Waals surface area contributed by atoms with E-state index in [-0.39, 0.29) is 17.9 Å². The van der Waals surface area contributed by atoms with Crippen molar-refractivity contribution in [3.8, 4) is 0 Å². The van der Waals surface area contributed by atoms with Crippen molar-refractivity contribution in [1.82, 2.24) is 4.90 Å². The van der Waals surface area contributed by atoms with E-state index in [0.717, 1.165) is 12.8 Å². The second kappa shape index (κ2) is 4.30. The number of hydrogen-bond acceptors (Lipinski definition) is 3. The topological polar surface area (TPSA) is 63.4 Å². The summed E-state index contributed by atoms with van der Waals surface area (Å²) in [6.45, 7) is 1.80. The number of carbonyl (C=O) groups is 2. The fourth-order valence-electron chi connectivity index (χ4n) is 5.08. The van der Waals surface area contributed by atoms with Crippen molar-refractivity contribution in [3.05, 3.63) is 0 Å². The summed E-state index contributed by atoms with van der Waals surface area (Å²) < 4.78 is 0. The largest absolute Gasteiger partial charge is 0.326 e. The monoisotopic (exact) mass is 264 g/mol. The quantitative estimate of drug-likeness (QED) is 0.822. The Labute approximate surface area is 114 Å². The number of imide groups is 1. The Morgan fingerprint density at radius 2 is 1.79 bits per heavy atom. The second-order valence-corrected chi connectivity index (χ2v) is 6.90. The van der Waals surface area contributed by atoms with E-state index in [1.807, 2.05) is 0 Å². The van der Waals surface area contributed by atoms with E-state index >= 15 is 0 Å². The smallest absolute Gasteiger partial charge is 0.236 e. The zero-order chi connectivity index (χ0) is 13.8. The van der Waals surface area contributed by atoms with Crippen molar-refractivity contribution in [2.45, 2.75) is 51.5 Å². The maximum atomic E-state index is 12.8. The van der Waals surface area contributed by atoms with Gasteiger partial charge in [0.15, 0.2) is 0 Å². The number of carbonyl (C=O) groups excluding carboxylic acids is 2. The Hall–Kier alpha value is -0.900. The van der Waals surface area contributed by atoms with Gasteiger partial charge in [0.1, 0.15) is 0 Å². The summed E-state index contributed by atoms with van der Waals surface area (Å²) in [4.78, 5) is 26.0. The van der Waals surface area contributed by atoms with Crippen LogP contribution in [-0.4, -0.2) is 29.8 Å². The van der Waals surface area contributed by atoms with Crippen LogP contribution in [0.25, 0.3) is 0 Å². The van der Waals surface area contributed by atoms with E-state index in [1.165, 1.54) is 24.2 Å². The van der Waals surface area contributed by atoms with Gasteiger partial charge in [-0.3, -0.25) is 14.5 Å². The Morgan fingerprint density at radius 1 is 1.21 bits per heavy atom. The molecule has 0 heterocycles. The molecule has 0 saturated heterocycles. The second-order valence-electron chi connectivity index (χ2n) is 6.90. The van der Waals surface area contributed by atoms with Crippen LogP contribution in [0.4, 0.5) is 0 Å². The number of hydrogen-bond donors (Lipinski definition) is 1. The number of rotatable bonds is 2. The molecule has 4 bridgehead atoms. The maximum absolute atomic E-state index is 12.8. The molecular weight excluding hydrogens is 240 g/mol. The van der Waals surface area contributed by atoms with Crippen LogP contribution in [0.1, 0.15) is 45.4 Å². The molecule has 4 aliphatic carbocycles. The standard InChI is InChI=1S/C15H24N2O2/c1-3-12(18)17(2)14(19)15-7-9-4-10(8-15)6-11(5-9)13(15)16/h9-11,13H,3-8,16H2,1-2H3. The fourth-order valence-corrected chi connectivity index (χ4v) is 5.08. The van der Waals surface area contributed by atoms with Crippen LogP contribution in [0.2, 0.25) is 0 Å². The lowest BCUT2D eigenvalue weighted by atomic mass is 9.47. The van der Waals surface area contributed by atoms with E-state index in [9.17, 15) is 9.59 Å². The van der Waals surface area contributed by atoms with Crippen LogP contribution in [0.15, 0.2) is 0 Å². The van der Waals surface area contributed by atoms with Crippen molar-refractivity contribution < 1.29 is 9.59 Å². The molecule has 0 aromatic rings. The molecular formula is C15H24N2O2. The molecule has 4 nitrogen and oxygen atoms in total. The average Bonchev–Trinajstić information content (AvgIpc) is 2.41. The minimum Gasteiger partial charge on any atom is -0.326 e. The first-order valence-corrected chi connectivity index (χ1v) is 7.54. The predicted molar refractivity (Wildman–Crippen MR) is 72.0 cm³/mol. The van der Waals surface area contributed by atoms with Crippen LogP contribution in [-0.2, 0) is 9.59 Å². The zero-order valence-corrected chi connectivity index (χ0v) is 11.9. The molecule has 2 N–H and O–H groups in total. The summed E-state index contributed by atoms with van der Waals surface area (Å²) in [6, 6.07) is -0.0418. The van der Waals surface area contributed by atoms with Gasteiger partial charge in [-0.25, -0.2) is 0 Å². The van der Waals surface area contributed by atoms with E-state index < -0.39 is 5.41 Å². The predicted octanol–water partition coefficient (Wildman–Crippen LogP) is 1.54. The average molecular weight is 264 g/mol. The minimum atomic E-state index is -0.436. The van der Waals surface area contributed by atoms with Crippen molar-refractivity contribution in [1.29, 1.82) is 0 Å². The highest BCUT2D eigenvalue weighted by atomic mass is 16.2. The fraction of sp³-hybridized carbons (Fsp3) is 0.867. The number of nitrogens with zero attached hydrogens (tertiary/aromatic N) is 1. The van der Waals surface area contributed by atoms with E-state index in [2.05, 4.69) is 0 Å². The summed E-state index contributed by atoms with van der Waals surface area (Å²) in [5.74, 6) is 1.72. The van der Waals surface area contributed by atoms with Gasteiger partial charge in [-0.05, 0) is 49.9 Å². The van der Waals surface area contributed by atoms with Crippen molar-refractivity contribution in [2.75, 3.05) is 7.05 Å². The lowest BCUT2D eigenvalue weighted by molar-refractivity contribution is -0.164. The molecule has 4 aliphatic rings.